The van der Waals surface area contributed by atoms with E-state index in [1.807, 2.05) is 0 Å². The maximum atomic E-state index is 12.0. The van der Waals surface area contributed by atoms with E-state index in [1.54, 1.807) is 23.9 Å². The zero-order valence-corrected chi connectivity index (χ0v) is 12.9. The van der Waals surface area contributed by atoms with Crippen molar-refractivity contribution in [1.82, 2.24) is 10.0 Å². The first-order valence-corrected chi connectivity index (χ1v) is 9.26. The first-order valence-electron chi connectivity index (χ1n) is 6.62. The molecule has 0 radical (unpaired) electrons. The summed E-state index contributed by atoms with van der Waals surface area (Å²) in [6, 6.07) is 3.78. The van der Waals surface area contributed by atoms with Gasteiger partial charge >= 0.3 is 0 Å². The topological polar surface area (TPSA) is 71.3 Å². The Balaban J connectivity index is 1.80. The third kappa shape index (κ3) is 4.97. The van der Waals surface area contributed by atoms with Crippen molar-refractivity contribution >= 4 is 21.8 Å². The molecule has 0 unspecified atom stereocenters. The van der Waals surface area contributed by atoms with Crippen molar-refractivity contribution < 1.29 is 12.8 Å². The van der Waals surface area contributed by atoms with Crippen LogP contribution in [-0.4, -0.2) is 32.5 Å². The van der Waals surface area contributed by atoms with Crippen molar-refractivity contribution in [2.75, 3.05) is 18.1 Å². The SMILES string of the molecule is C=CCSCCNS(=O)(=O)c1ccc(CNC2CC2)o1. The minimum Gasteiger partial charge on any atom is -0.447 e. The third-order valence-electron chi connectivity index (χ3n) is 2.82. The Labute approximate surface area is 124 Å². The minimum atomic E-state index is -3.53. The van der Waals surface area contributed by atoms with Gasteiger partial charge in [-0.25, -0.2) is 13.1 Å². The largest absolute Gasteiger partial charge is 0.447 e. The van der Waals surface area contributed by atoms with Gasteiger partial charge in [-0.05, 0) is 25.0 Å². The lowest BCUT2D eigenvalue weighted by Crippen LogP contribution is -2.25. The zero-order chi connectivity index (χ0) is 14.4. The van der Waals surface area contributed by atoms with Crippen LogP contribution >= 0.6 is 11.8 Å². The van der Waals surface area contributed by atoms with Gasteiger partial charge in [0.25, 0.3) is 10.0 Å². The predicted octanol–water partition coefficient (Wildman–Crippen LogP) is 1.73. The van der Waals surface area contributed by atoms with Crippen LogP contribution in [0.25, 0.3) is 0 Å². The van der Waals surface area contributed by atoms with E-state index in [1.165, 1.54) is 18.9 Å². The first kappa shape index (κ1) is 15.6. The van der Waals surface area contributed by atoms with Crippen LogP contribution in [0.1, 0.15) is 18.6 Å². The van der Waals surface area contributed by atoms with Crippen LogP contribution in [-0.2, 0) is 16.6 Å². The van der Waals surface area contributed by atoms with Crippen LogP contribution < -0.4 is 10.0 Å². The summed E-state index contributed by atoms with van der Waals surface area (Å²) in [5.74, 6) is 2.18. The zero-order valence-electron chi connectivity index (χ0n) is 11.3. The summed E-state index contributed by atoms with van der Waals surface area (Å²) in [4.78, 5) is 0. The first-order chi connectivity index (χ1) is 9.62. The number of rotatable bonds is 10. The molecule has 1 aliphatic carbocycles. The summed E-state index contributed by atoms with van der Waals surface area (Å²) >= 11 is 1.63. The van der Waals surface area contributed by atoms with E-state index in [9.17, 15) is 8.42 Å². The molecule has 112 valence electrons. The molecule has 7 heteroatoms. The van der Waals surface area contributed by atoms with E-state index in [0.29, 0.717) is 30.6 Å². The van der Waals surface area contributed by atoms with Crippen LogP contribution in [0, 0.1) is 0 Å². The van der Waals surface area contributed by atoms with Crippen molar-refractivity contribution in [2.45, 2.75) is 30.5 Å². The Morgan fingerprint density at radius 3 is 2.95 bits per heavy atom. The second-order valence-corrected chi connectivity index (χ2v) is 7.49. The Hall–Kier alpha value is -0.760. The second-order valence-electron chi connectivity index (χ2n) is 4.64. The lowest BCUT2D eigenvalue weighted by atomic mass is 10.4. The summed E-state index contributed by atoms with van der Waals surface area (Å²) in [5.41, 5.74) is 0. The average Bonchev–Trinajstić information content (AvgIpc) is 3.12. The molecule has 20 heavy (non-hydrogen) atoms. The Bertz CT molecular complexity index is 536. The molecule has 0 bridgehead atoms. The molecular formula is C13H20N2O3S2. The lowest BCUT2D eigenvalue weighted by Gasteiger charge is -2.03. The summed E-state index contributed by atoms with van der Waals surface area (Å²) in [5, 5.41) is 3.27. The van der Waals surface area contributed by atoms with Gasteiger partial charge in [-0.15, -0.1) is 6.58 Å². The van der Waals surface area contributed by atoms with Crippen LogP contribution in [0.4, 0.5) is 0 Å². The van der Waals surface area contributed by atoms with Gasteiger partial charge in [0.1, 0.15) is 5.76 Å². The number of furan rings is 1. The van der Waals surface area contributed by atoms with E-state index in [0.717, 1.165) is 5.75 Å². The molecule has 5 nitrogen and oxygen atoms in total. The van der Waals surface area contributed by atoms with Crippen LogP contribution in [0.5, 0.6) is 0 Å². The van der Waals surface area contributed by atoms with Gasteiger partial charge in [-0.2, -0.15) is 11.8 Å². The molecule has 0 aromatic carbocycles. The molecule has 1 aromatic rings. The molecule has 1 heterocycles. The third-order valence-corrected chi connectivity index (χ3v) is 5.12. The Kier molecular flexibility index (Phi) is 5.71. The Morgan fingerprint density at radius 1 is 1.45 bits per heavy atom. The van der Waals surface area contributed by atoms with Crippen molar-refractivity contribution in [1.29, 1.82) is 0 Å². The van der Waals surface area contributed by atoms with Crippen molar-refractivity contribution in [3.8, 4) is 0 Å². The highest BCUT2D eigenvalue weighted by Crippen LogP contribution is 2.20. The van der Waals surface area contributed by atoms with Crippen LogP contribution in [0.2, 0.25) is 0 Å². The van der Waals surface area contributed by atoms with E-state index in [2.05, 4.69) is 16.6 Å². The minimum absolute atomic E-state index is 0.0150. The highest BCUT2D eigenvalue weighted by atomic mass is 32.2. The fraction of sp³-hybridized carbons (Fsp3) is 0.538. The molecular weight excluding hydrogens is 296 g/mol. The van der Waals surface area contributed by atoms with Crippen LogP contribution in [0.15, 0.2) is 34.3 Å². The maximum Gasteiger partial charge on any atom is 0.273 e. The highest BCUT2D eigenvalue weighted by molar-refractivity contribution is 7.99. The number of hydrogen-bond donors (Lipinski definition) is 2. The fourth-order valence-electron chi connectivity index (χ4n) is 1.62. The van der Waals surface area contributed by atoms with Gasteiger partial charge in [0.05, 0.1) is 6.54 Å². The maximum absolute atomic E-state index is 12.0. The molecule has 1 fully saturated rings. The molecule has 0 saturated heterocycles. The number of thioether (sulfide) groups is 1. The molecule has 0 amide bonds. The van der Waals surface area contributed by atoms with Crippen molar-refractivity contribution in [3.05, 3.63) is 30.5 Å². The quantitative estimate of drug-likeness (QED) is 0.508. The molecule has 1 saturated carbocycles. The van der Waals surface area contributed by atoms with E-state index in [-0.39, 0.29) is 5.09 Å². The molecule has 0 atom stereocenters. The molecule has 2 N–H and O–H groups in total. The molecule has 1 aliphatic rings. The summed E-state index contributed by atoms with van der Waals surface area (Å²) < 4.78 is 31.8. The Morgan fingerprint density at radius 2 is 2.25 bits per heavy atom. The summed E-state index contributed by atoms with van der Waals surface area (Å²) in [6.07, 6.45) is 4.18. The predicted molar refractivity (Wildman–Crippen MR) is 81.3 cm³/mol. The highest BCUT2D eigenvalue weighted by Gasteiger charge is 2.22. The van der Waals surface area contributed by atoms with Gasteiger partial charge < -0.3 is 9.73 Å². The molecule has 0 aliphatic heterocycles. The van der Waals surface area contributed by atoms with Gasteiger partial charge in [0.2, 0.25) is 5.09 Å². The summed E-state index contributed by atoms with van der Waals surface area (Å²) in [7, 11) is -3.53. The fourth-order valence-corrected chi connectivity index (χ4v) is 3.30. The molecule has 1 aromatic heterocycles. The van der Waals surface area contributed by atoms with E-state index >= 15 is 0 Å². The van der Waals surface area contributed by atoms with Gasteiger partial charge in [0, 0.05) is 24.1 Å². The van der Waals surface area contributed by atoms with E-state index in [4.69, 9.17) is 4.42 Å². The lowest BCUT2D eigenvalue weighted by molar-refractivity contribution is 0.399. The summed E-state index contributed by atoms with van der Waals surface area (Å²) in [6.45, 7) is 4.58. The van der Waals surface area contributed by atoms with Gasteiger partial charge in [-0.1, -0.05) is 6.08 Å². The smallest absolute Gasteiger partial charge is 0.273 e. The van der Waals surface area contributed by atoms with Crippen LogP contribution in [0.3, 0.4) is 0 Å². The van der Waals surface area contributed by atoms with E-state index < -0.39 is 10.0 Å². The molecule has 0 spiro atoms. The standard InChI is InChI=1S/C13H20N2O3S2/c1-2-8-19-9-7-15-20(16,17)13-6-5-12(18-13)10-14-11-3-4-11/h2,5-6,11,14-15H,1,3-4,7-10H2. The normalized spacial score (nSPS) is 15.4. The molecule has 2 rings (SSSR count). The average molecular weight is 316 g/mol. The van der Waals surface area contributed by atoms with Crippen molar-refractivity contribution in [3.63, 3.8) is 0 Å². The number of nitrogens with one attached hydrogen (secondary N) is 2. The number of hydrogen-bond acceptors (Lipinski definition) is 5. The van der Waals surface area contributed by atoms with Gasteiger partial charge in [0.15, 0.2) is 0 Å². The second kappa shape index (κ2) is 7.31. The van der Waals surface area contributed by atoms with Crippen molar-refractivity contribution in [2.24, 2.45) is 0 Å². The van der Waals surface area contributed by atoms with Gasteiger partial charge in [-0.3, -0.25) is 0 Å². The monoisotopic (exact) mass is 316 g/mol. The number of sulfonamides is 1.